The number of aliphatic hydroxyl groups is 2. The molecule has 0 heterocycles. The zero-order valence-corrected chi connectivity index (χ0v) is 7.33. The number of rotatable bonds is 1. The van der Waals surface area contributed by atoms with Gasteiger partial charge in [-0.2, -0.15) is 0 Å². The van der Waals surface area contributed by atoms with Crippen LogP contribution in [0.5, 0.6) is 0 Å². The Labute approximate surface area is 68.2 Å². The minimum absolute atomic E-state index is 0.476. The van der Waals surface area contributed by atoms with Gasteiger partial charge in [-0.15, -0.1) is 0 Å². The molecular formula is C9H18O2. The van der Waals surface area contributed by atoms with E-state index in [0.717, 1.165) is 19.3 Å². The molecule has 4 atom stereocenters. The van der Waals surface area contributed by atoms with Gasteiger partial charge in [0.05, 0.1) is 12.2 Å². The first-order valence-corrected chi connectivity index (χ1v) is 4.51. The standard InChI is InChI=1S/C9H18O2/c1-3-7-5-9(11)8(10)4-6(7)2/h6-11H,3-5H2,1-2H3/t6?,7-,8+,9-/m0/s1. The van der Waals surface area contributed by atoms with Crippen molar-refractivity contribution in [2.45, 2.75) is 45.3 Å². The summed E-state index contributed by atoms with van der Waals surface area (Å²) in [6.45, 7) is 4.30. The molecule has 0 aromatic heterocycles. The molecule has 0 saturated heterocycles. The van der Waals surface area contributed by atoms with Gasteiger partial charge in [-0.05, 0) is 24.7 Å². The first-order valence-electron chi connectivity index (χ1n) is 4.51. The average Bonchev–Trinajstić information content (AvgIpc) is 1.97. The van der Waals surface area contributed by atoms with Crippen LogP contribution in [-0.2, 0) is 0 Å². The maximum absolute atomic E-state index is 9.35. The lowest BCUT2D eigenvalue weighted by atomic mass is 9.76. The Bertz CT molecular complexity index is 125. The van der Waals surface area contributed by atoms with Crippen molar-refractivity contribution >= 4 is 0 Å². The normalized spacial score (nSPS) is 45.8. The van der Waals surface area contributed by atoms with Crippen molar-refractivity contribution in [3.05, 3.63) is 0 Å². The van der Waals surface area contributed by atoms with E-state index < -0.39 is 12.2 Å². The Balaban J connectivity index is 2.48. The van der Waals surface area contributed by atoms with E-state index in [9.17, 15) is 10.2 Å². The molecule has 0 aromatic rings. The minimum atomic E-state index is -0.479. The van der Waals surface area contributed by atoms with Crippen LogP contribution >= 0.6 is 0 Å². The van der Waals surface area contributed by atoms with Crippen LogP contribution in [0.15, 0.2) is 0 Å². The lowest BCUT2D eigenvalue weighted by Crippen LogP contribution is -2.37. The quantitative estimate of drug-likeness (QED) is 0.601. The van der Waals surface area contributed by atoms with Gasteiger partial charge < -0.3 is 10.2 Å². The van der Waals surface area contributed by atoms with Crippen molar-refractivity contribution in [1.29, 1.82) is 0 Å². The third kappa shape index (κ3) is 1.94. The predicted molar refractivity (Wildman–Crippen MR) is 44.2 cm³/mol. The fourth-order valence-corrected chi connectivity index (χ4v) is 2.00. The van der Waals surface area contributed by atoms with Gasteiger partial charge in [0.15, 0.2) is 0 Å². The number of hydrogen-bond donors (Lipinski definition) is 2. The maximum Gasteiger partial charge on any atom is 0.0802 e. The maximum atomic E-state index is 9.35. The van der Waals surface area contributed by atoms with Crippen molar-refractivity contribution in [2.24, 2.45) is 11.8 Å². The van der Waals surface area contributed by atoms with Crippen LogP contribution in [0.1, 0.15) is 33.1 Å². The highest BCUT2D eigenvalue weighted by atomic mass is 16.3. The molecule has 0 spiro atoms. The molecule has 0 radical (unpaired) electrons. The lowest BCUT2D eigenvalue weighted by molar-refractivity contribution is -0.0447. The number of aliphatic hydroxyl groups excluding tert-OH is 2. The van der Waals surface area contributed by atoms with Crippen LogP contribution in [0, 0.1) is 11.8 Å². The second-order valence-electron chi connectivity index (χ2n) is 3.75. The van der Waals surface area contributed by atoms with Gasteiger partial charge >= 0.3 is 0 Å². The summed E-state index contributed by atoms with van der Waals surface area (Å²) in [7, 11) is 0. The smallest absolute Gasteiger partial charge is 0.0802 e. The lowest BCUT2D eigenvalue weighted by Gasteiger charge is -2.34. The molecule has 0 aliphatic heterocycles. The van der Waals surface area contributed by atoms with Gasteiger partial charge in [-0.3, -0.25) is 0 Å². The summed E-state index contributed by atoms with van der Waals surface area (Å²) in [5.74, 6) is 1.17. The van der Waals surface area contributed by atoms with E-state index in [4.69, 9.17) is 0 Å². The highest BCUT2D eigenvalue weighted by Crippen LogP contribution is 2.31. The second-order valence-corrected chi connectivity index (χ2v) is 3.75. The summed E-state index contributed by atoms with van der Waals surface area (Å²) in [5, 5.41) is 18.7. The fraction of sp³-hybridized carbons (Fsp3) is 1.00. The van der Waals surface area contributed by atoms with Crippen LogP contribution in [0.3, 0.4) is 0 Å². The van der Waals surface area contributed by atoms with Crippen molar-refractivity contribution in [2.75, 3.05) is 0 Å². The molecule has 66 valence electrons. The Morgan fingerprint density at radius 3 is 2.27 bits per heavy atom. The molecule has 1 saturated carbocycles. The van der Waals surface area contributed by atoms with Crippen molar-refractivity contribution < 1.29 is 10.2 Å². The summed E-state index contributed by atoms with van der Waals surface area (Å²) in [4.78, 5) is 0. The Hall–Kier alpha value is -0.0800. The second kappa shape index (κ2) is 3.55. The van der Waals surface area contributed by atoms with E-state index >= 15 is 0 Å². The monoisotopic (exact) mass is 158 g/mol. The Kier molecular flexibility index (Phi) is 2.90. The van der Waals surface area contributed by atoms with Gasteiger partial charge in [0.25, 0.3) is 0 Å². The highest BCUT2D eigenvalue weighted by Gasteiger charge is 2.31. The summed E-state index contributed by atoms with van der Waals surface area (Å²) in [5.41, 5.74) is 0. The summed E-state index contributed by atoms with van der Waals surface area (Å²) < 4.78 is 0. The van der Waals surface area contributed by atoms with Crippen LogP contribution in [0.2, 0.25) is 0 Å². The molecule has 1 rings (SSSR count). The van der Waals surface area contributed by atoms with Crippen LogP contribution in [0.25, 0.3) is 0 Å². The van der Waals surface area contributed by atoms with Crippen LogP contribution in [-0.4, -0.2) is 22.4 Å². The Morgan fingerprint density at radius 1 is 1.18 bits per heavy atom. The predicted octanol–water partition coefficient (Wildman–Crippen LogP) is 1.16. The summed E-state index contributed by atoms with van der Waals surface area (Å²) in [6, 6.07) is 0. The zero-order chi connectivity index (χ0) is 8.43. The van der Waals surface area contributed by atoms with E-state index in [1.54, 1.807) is 0 Å². The first kappa shape index (κ1) is 9.01. The number of hydrogen-bond acceptors (Lipinski definition) is 2. The molecule has 11 heavy (non-hydrogen) atoms. The van der Waals surface area contributed by atoms with E-state index in [0.29, 0.717) is 11.8 Å². The third-order valence-corrected chi connectivity index (χ3v) is 2.93. The molecule has 1 fully saturated rings. The van der Waals surface area contributed by atoms with E-state index in [1.165, 1.54) is 0 Å². The molecule has 2 N–H and O–H groups in total. The Morgan fingerprint density at radius 2 is 1.73 bits per heavy atom. The molecule has 2 nitrogen and oxygen atoms in total. The minimum Gasteiger partial charge on any atom is -0.390 e. The summed E-state index contributed by atoms with van der Waals surface area (Å²) >= 11 is 0. The molecule has 0 aromatic carbocycles. The SMILES string of the molecule is CC[C@H]1C[C@H](O)[C@H](O)CC1C. The van der Waals surface area contributed by atoms with Gasteiger partial charge in [-0.1, -0.05) is 20.3 Å². The third-order valence-electron chi connectivity index (χ3n) is 2.93. The van der Waals surface area contributed by atoms with Gasteiger partial charge in [0, 0.05) is 0 Å². The van der Waals surface area contributed by atoms with E-state index in [2.05, 4.69) is 13.8 Å². The largest absolute Gasteiger partial charge is 0.390 e. The molecular weight excluding hydrogens is 140 g/mol. The molecule has 2 heteroatoms. The first-order chi connectivity index (χ1) is 5.15. The van der Waals surface area contributed by atoms with Gasteiger partial charge in [-0.25, -0.2) is 0 Å². The van der Waals surface area contributed by atoms with E-state index in [-0.39, 0.29) is 0 Å². The molecule has 1 aliphatic rings. The fourth-order valence-electron chi connectivity index (χ4n) is 2.00. The summed E-state index contributed by atoms with van der Waals surface area (Å²) in [6.07, 6.45) is 1.70. The zero-order valence-electron chi connectivity index (χ0n) is 7.33. The van der Waals surface area contributed by atoms with Crippen LogP contribution in [0.4, 0.5) is 0 Å². The molecule has 0 amide bonds. The van der Waals surface area contributed by atoms with Crippen molar-refractivity contribution in [3.8, 4) is 0 Å². The van der Waals surface area contributed by atoms with Crippen molar-refractivity contribution in [1.82, 2.24) is 0 Å². The van der Waals surface area contributed by atoms with Crippen LogP contribution < -0.4 is 0 Å². The molecule has 0 bridgehead atoms. The average molecular weight is 158 g/mol. The van der Waals surface area contributed by atoms with Gasteiger partial charge in [0.2, 0.25) is 0 Å². The topological polar surface area (TPSA) is 40.5 Å². The van der Waals surface area contributed by atoms with E-state index in [1.807, 2.05) is 0 Å². The molecule has 1 unspecified atom stereocenters. The molecule has 1 aliphatic carbocycles. The highest BCUT2D eigenvalue weighted by molar-refractivity contribution is 4.82. The van der Waals surface area contributed by atoms with Crippen molar-refractivity contribution in [3.63, 3.8) is 0 Å². The van der Waals surface area contributed by atoms with Gasteiger partial charge in [0.1, 0.15) is 0 Å².